The van der Waals surface area contributed by atoms with Gasteiger partial charge in [0.05, 0.1) is 11.0 Å². The summed E-state index contributed by atoms with van der Waals surface area (Å²) >= 11 is 3.31. The Bertz CT molecular complexity index is 447. The fourth-order valence-electron chi connectivity index (χ4n) is 1.35. The van der Waals surface area contributed by atoms with E-state index in [1.807, 2.05) is 26.2 Å². The minimum Gasteiger partial charge on any atom is -0.360 e. The van der Waals surface area contributed by atoms with Gasteiger partial charge in [-0.3, -0.25) is 4.68 Å². The molecule has 0 bridgehead atoms. The zero-order chi connectivity index (χ0) is 10.1. The van der Waals surface area contributed by atoms with Crippen molar-refractivity contribution < 1.29 is 4.52 Å². The maximum Gasteiger partial charge on any atom is 0.147 e. The highest BCUT2D eigenvalue weighted by molar-refractivity contribution is 9.08. The topological polar surface area (TPSA) is 43.9 Å². The van der Waals surface area contributed by atoms with Gasteiger partial charge in [-0.05, 0) is 6.92 Å². The van der Waals surface area contributed by atoms with E-state index in [1.54, 1.807) is 4.68 Å². The van der Waals surface area contributed by atoms with Crippen LogP contribution in [0.1, 0.15) is 11.5 Å². The third-order valence-electron chi connectivity index (χ3n) is 1.98. The van der Waals surface area contributed by atoms with E-state index in [0.29, 0.717) is 5.33 Å². The van der Waals surface area contributed by atoms with E-state index in [9.17, 15) is 0 Å². The van der Waals surface area contributed by atoms with Crippen molar-refractivity contribution in [3.8, 4) is 11.3 Å². The molecule has 0 atom stereocenters. The van der Waals surface area contributed by atoms with Crippen LogP contribution in [0.4, 0.5) is 0 Å². The fourth-order valence-corrected chi connectivity index (χ4v) is 1.62. The molecule has 2 aromatic rings. The molecule has 0 radical (unpaired) electrons. The molecule has 5 heteroatoms. The van der Waals surface area contributed by atoms with E-state index >= 15 is 0 Å². The van der Waals surface area contributed by atoms with Crippen molar-refractivity contribution in [1.82, 2.24) is 14.9 Å². The Morgan fingerprint density at radius 3 is 2.86 bits per heavy atom. The predicted octanol–water partition coefficient (Wildman–Crippen LogP) is 2.28. The summed E-state index contributed by atoms with van der Waals surface area (Å²) in [4.78, 5) is 0. The van der Waals surface area contributed by atoms with E-state index in [2.05, 4.69) is 26.2 Å². The molecule has 0 aliphatic rings. The molecule has 14 heavy (non-hydrogen) atoms. The Morgan fingerprint density at radius 2 is 2.36 bits per heavy atom. The molecule has 0 aliphatic heterocycles. The molecule has 0 N–H and O–H groups in total. The molecule has 0 saturated carbocycles. The predicted molar refractivity (Wildman–Crippen MR) is 56.1 cm³/mol. The number of alkyl halides is 1. The number of aromatic nitrogens is 3. The second-order valence-electron chi connectivity index (χ2n) is 3.11. The lowest BCUT2D eigenvalue weighted by Gasteiger charge is -1.87. The van der Waals surface area contributed by atoms with E-state index in [0.717, 1.165) is 22.7 Å². The zero-order valence-corrected chi connectivity index (χ0v) is 9.58. The van der Waals surface area contributed by atoms with Crippen LogP contribution in [0.2, 0.25) is 0 Å². The Morgan fingerprint density at radius 1 is 1.57 bits per heavy atom. The van der Waals surface area contributed by atoms with Gasteiger partial charge in [0, 0.05) is 24.9 Å². The van der Waals surface area contributed by atoms with Gasteiger partial charge in [-0.1, -0.05) is 21.1 Å². The van der Waals surface area contributed by atoms with Gasteiger partial charge < -0.3 is 4.52 Å². The van der Waals surface area contributed by atoms with Gasteiger partial charge in [0.1, 0.15) is 11.5 Å². The van der Waals surface area contributed by atoms with Gasteiger partial charge in [0.25, 0.3) is 0 Å². The minimum absolute atomic E-state index is 0.680. The molecule has 2 aromatic heterocycles. The summed E-state index contributed by atoms with van der Waals surface area (Å²) in [5.41, 5.74) is 2.82. The zero-order valence-electron chi connectivity index (χ0n) is 7.99. The van der Waals surface area contributed by atoms with Gasteiger partial charge in [-0.25, -0.2) is 0 Å². The Hall–Kier alpha value is -1.10. The molecule has 2 heterocycles. The Labute approximate surface area is 90.0 Å². The maximum atomic E-state index is 5.10. The normalized spacial score (nSPS) is 10.8. The van der Waals surface area contributed by atoms with Crippen molar-refractivity contribution >= 4 is 15.9 Å². The average molecular weight is 256 g/mol. The van der Waals surface area contributed by atoms with Crippen LogP contribution in [-0.2, 0) is 12.4 Å². The van der Waals surface area contributed by atoms with Crippen molar-refractivity contribution in [3.05, 3.63) is 23.7 Å². The first-order valence-electron chi connectivity index (χ1n) is 4.23. The summed E-state index contributed by atoms with van der Waals surface area (Å²) in [5, 5.41) is 8.90. The summed E-state index contributed by atoms with van der Waals surface area (Å²) in [7, 11) is 1.89. The average Bonchev–Trinajstić information content (AvgIpc) is 2.71. The van der Waals surface area contributed by atoms with E-state index in [4.69, 9.17) is 4.52 Å². The first-order chi connectivity index (χ1) is 6.70. The first kappa shape index (κ1) is 9.45. The van der Waals surface area contributed by atoms with Crippen molar-refractivity contribution in [2.75, 3.05) is 0 Å². The highest BCUT2D eigenvalue weighted by Crippen LogP contribution is 2.22. The summed E-state index contributed by atoms with van der Waals surface area (Å²) < 4.78 is 6.87. The van der Waals surface area contributed by atoms with Crippen LogP contribution in [0.15, 0.2) is 16.8 Å². The minimum atomic E-state index is 0.680. The number of aryl methyl sites for hydroxylation is 2. The molecule has 0 fully saturated rings. The van der Waals surface area contributed by atoms with Crippen LogP contribution >= 0.6 is 15.9 Å². The van der Waals surface area contributed by atoms with Crippen LogP contribution < -0.4 is 0 Å². The molecule has 0 aliphatic carbocycles. The summed E-state index contributed by atoms with van der Waals surface area (Å²) in [5.74, 6) is 0.822. The molecule has 4 nitrogen and oxygen atoms in total. The van der Waals surface area contributed by atoms with Crippen LogP contribution in [0, 0.1) is 6.92 Å². The third-order valence-corrected chi connectivity index (χ3v) is 2.53. The summed E-state index contributed by atoms with van der Waals surface area (Å²) in [6.45, 7) is 1.96. The third kappa shape index (κ3) is 1.59. The van der Waals surface area contributed by atoms with Crippen molar-refractivity contribution in [2.24, 2.45) is 7.05 Å². The lowest BCUT2D eigenvalue weighted by Crippen LogP contribution is -1.86. The van der Waals surface area contributed by atoms with E-state index in [-0.39, 0.29) is 0 Å². The second kappa shape index (κ2) is 3.57. The number of hydrogen-bond acceptors (Lipinski definition) is 3. The SMILES string of the molecule is Cc1nn(C)cc1-c1cc(CBr)on1. The second-order valence-corrected chi connectivity index (χ2v) is 3.67. The molecular weight excluding hydrogens is 246 g/mol. The Balaban J connectivity index is 2.43. The van der Waals surface area contributed by atoms with Crippen molar-refractivity contribution in [2.45, 2.75) is 12.3 Å². The highest BCUT2D eigenvalue weighted by Gasteiger charge is 2.10. The standard InChI is InChI=1S/C9H10BrN3O/c1-6-8(5-13(2)11-6)9-3-7(4-10)14-12-9/h3,5H,4H2,1-2H3. The number of halogens is 1. The Kier molecular flexibility index (Phi) is 2.41. The number of nitrogens with zero attached hydrogens (tertiary/aromatic N) is 3. The first-order valence-corrected chi connectivity index (χ1v) is 5.35. The molecule has 0 amide bonds. The van der Waals surface area contributed by atoms with E-state index < -0.39 is 0 Å². The molecule has 2 rings (SSSR count). The van der Waals surface area contributed by atoms with Crippen LogP contribution in [0.3, 0.4) is 0 Å². The van der Waals surface area contributed by atoms with E-state index in [1.165, 1.54) is 0 Å². The van der Waals surface area contributed by atoms with Gasteiger partial charge in [-0.15, -0.1) is 0 Å². The molecule has 74 valence electrons. The smallest absolute Gasteiger partial charge is 0.147 e. The molecule has 0 unspecified atom stereocenters. The number of rotatable bonds is 2. The molecule has 0 spiro atoms. The van der Waals surface area contributed by atoms with Gasteiger partial charge in [-0.2, -0.15) is 5.10 Å². The summed E-state index contributed by atoms with van der Waals surface area (Å²) in [6, 6.07) is 1.92. The van der Waals surface area contributed by atoms with Gasteiger partial charge >= 0.3 is 0 Å². The van der Waals surface area contributed by atoms with Crippen molar-refractivity contribution in [3.63, 3.8) is 0 Å². The fraction of sp³-hybridized carbons (Fsp3) is 0.333. The largest absolute Gasteiger partial charge is 0.360 e. The molecule has 0 aromatic carbocycles. The van der Waals surface area contributed by atoms with Gasteiger partial charge in [0.2, 0.25) is 0 Å². The molecule has 0 saturated heterocycles. The van der Waals surface area contributed by atoms with Crippen LogP contribution in [0.25, 0.3) is 11.3 Å². The summed E-state index contributed by atoms with van der Waals surface area (Å²) in [6.07, 6.45) is 1.94. The van der Waals surface area contributed by atoms with Gasteiger partial charge in [0.15, 0.2) is 0 Å². The molecular formula is C9H10BrN3O. The highest BCUT2D eigenvalue weighted by atomic mass is 79.9. The quantitative estimate of drug-likeness (QED) is 0.774. The van der Waals surface area contributed by atoms with Crippen molar-refractivity contribution in [1.29, 1.82) is 0 Å². The maximum absolute atomic E-state index is 5.10. The van der Waals surface area contributed by atoms with Crippen LogP contribution in [-0.4, -0.2) is 14.9 Å². The number of hydrogen-bond donors (Lipinski definition) is 0. The lowest BCUT2D eigenvalue weighted by molar-refractivity contribution is 0.398. The van der Waals surface area contributed by atoms with Crippen LogP contribution in [0.5, 0.6) is 0 Å². The lowest BCUT2D eigenvalue weighted by atomic mass is 10.2. The monoisotopic (exact) mass is 255 g/mol.